The van der Waals surface area contributed by atoms with Crippen molar-refractivity contribution < 1.29 is 9.53 Å². The van der Waals surface area contributed by atoms with Crippen LogP contribution in [0.25, 0.3) is 5.65 Å². The Morgan fingerprint density at radius 3 is 3.05 bits per heavy atom. The summed E-state index contributed by atoms with van der Waals surface area (Å²) in [6, 6.07) is 10.4. The molecule has 3 rings (SSSR count). The maximum absolute atomic E-state index is 12.1. The molecule has 1 N–H and O–H groups in total. The molecule has 0 unspecified atom stereocenters. The van der Waals surface area contributed by atoms with Crippen LogP contribution < -0.4 is 10.1 Å². The lowest BCUT2D eigenvalue weighted by molar-refractivity contribution is 0.102. The molecule has 0 radical (unpaired) electrons. The number of nitrogens with zero attached hydrogens (tertiary/aromatic N) is 3. The van der Waals surface area contributed by atoms with Crippen molar-refractivity contribution in [3.8, 4) is 5.75 Å². The van der Waals surface area contributed by atoms with Crippen molar-refractivity contribution in [1.82, 2.24) is 14.6 Å². The van der Waals surface area contributed by atoms with Gasteiger partial charge in [-0.15, -0.1) is 5.10 Å². The summed E-state index contributed by atoms with van der Waals surface area (Å²) in [5.41, 5.74) is 1.24. The molecule has 0 aliphatic heterocycles. The highest BCUT2D eigenvalue weighted by Gasteiger charge is 2.08. The Morgan fingerprint density at radius 1 is 1.30 bits per heavy atom. The van der Waals surface area contributed by atoms with Gasteiger partial charge in [0, 0.05) is 18.0 Å². The molecule has 1 aromatic carbocycles. The van der Waals surface area contributed by atoms with E-state index in [1.165, 1.54) is 0 Å². The molecule has 6 heteroatoms. The van der Waals surface area contributed by atoms with Gasteiger partial charge in [0.05, 0.1) is 7.11 Å². The first kappa shape index (κ1) is 12.2. The summed E-state index contributed by atoms with van der Waals surface area (Å²) in [5, 5.41) is 6.97. The average Bonchev–Trinajstić information content (AvgIpc) is 2.95. The Bertz CT molecular complexity index is 766. The van der Waals surface area contributed by atoms with Crippen LogP contribution in [-0.2, 0) is 0 Å². The van der Waals surface area contributed by atoms with E-state index in [0.717, 1.165) is 5.65 Å². The number of hydrogen-bond donors (Lipinski definition) is 1. The number of amides is 1. The molecule has 0 atom stereocenters. The molecule has 0 fully saturated rings. The van der Waals surface area contributed by atoms with E-state index >= 15 is 0 Å². The summed E-state index contributed by atoms with van der Waals surface area (Å²) >= 11 is 0. The highest BCUT2D eigenvalue weighted by molar-refractivity contribution is 6.03. The van der Waals surface area contributed by atoms with E-state index in [-0.39, 0.29) is 5.91 Å². The lowest BCUT2D eigenvalue weighted by atomic mass is 10.2. The van der Waals surface area contributed by atoms with E-state index in [1.54, 1.807) is 60.4 Å². The Balaban J connectivity index is 1.83. The summed E-state index contributed by atoms with van der Waals surface area (Å²) < 4.78 is 6.69. The lowest BCUT2D eigenvalue weighted by Gasteiger charge is -2.06. The number of rotatable bonds is 3. The minimum Gasteiger partial charge on any atom is -0.497 e. The standard InChI is InChI=1S/C14H12N4O2/c1-20-11-4-2-3-10(9-11)14(19)16-12-5-6-13-15-7-8-18(13)17-12/h2-9H,1H3,(H,16,17,19). The fourth-order valence-electron chi connectivity index (χ4n) is 1.83. The SMILES string of the molecule is COc1cccc(C(=O)Nc2ccc3nccn3n2)c1. The minimum absolute atomic E-state index is 0.240. The van der Waals surface area contributed by atoms with Gasteiger partial charge in [-0.25, -0.2) is 9.50 Å². The maximum atomic E-state index is 12.1. The van der Waals surface area contributed by atoms with Gasteiger partial charge in [-0.2, -0.15) is 0 Å². The highest BCUT2D eigenvalue weighted by Crippen LogP contribution is 2.14. The number of carbonyl (C=O) groups excluding carboxylic acids is 1. The smallest absolute Gasteiger partial charge is 0.256 e. The molecule has 6 nitrogen and oxygen atoms in total. The van der Waals surface area contributed by atoms with Crippen LogP contribution in [0.2, 0.25) is 0 Å². The molecule has 2 aromatic heterocycles. The second-order valence-corrected chi connectivity index (χ2v) is 4.13. The number of aromatic nitrogens is 3. The number of hydrogen-bond acceptors (Lipinski definition) is 4. The van der Waals surface area contributed by atoms with Crippen molar-refractivity contribution in [3.05, 3.63) is 54.4 Å². The van der Waals surface area contributed by atoms with Crippen molar-refractivity contribution >= 4 is 17.4 Å². The summed E-state index contributed by atoms with van der Waals surface area (Å²) in [4.78, 5) is 16.2. The van der Waals surface area contributed by atoms with Crippen molar-refractivity contribution in [2.24, 2.45) is 0 Å². The summed E-state index contributed by atoms with van der Waals surface area (Å²) in [5.74, 6) is 0.856. The van der Waals surface area contributed by atoms with E-state index in [0.29, 0.717) is 17.1 Å². The third-order valence-electron chi connectivity index (χ3n) is 2.83. The summed E-state index contributed by atoms with van der Waals surface area (Å²) in [6.45, 7) is 0. The zero-order valence-corrected chi connectivity index (χ0v) is 10.8. The molecule has 0 aliphatic rings. The third-order valence-corrected chi connectivity index (χ3v) is 2.83. The van der Waals surface area contributed by atoms with Gasteiger partial charge in [0.2, 0.25) is 0 Å². The van der Waals surface area contributed by atoms with Gasteiger partial charge in [-0.1, -0.05) is 6.07 Å². The lowest BCUT2D eigenvalue weighted by Crippen LogP contribution is -2.13. The number of ether oxygens (including phenoxy) is 1. The average molecular weight is 268 g/mol. The monoisotopic (exact) mass is 268 g/mol. The quantitative estimate of drug-likeness (QED) is 0.788. The van der Waals surface area contributed by atoms with Gasteiger partial charge in [0.15, 0.2) is 11.5 Å². The van der Waals surface area contributed by atoms with Crippen molar-refractivity contribution in [1.29, 1.82) is 0 Å². The number of nitrogens with one attached hydrogen (secondary N) is 1. The highest BCUT2D eigenvalue weighted by atomic mass is 16.5. The van der Waals surface area contributed by atoms with Gasteiger partial charge in [-0.05, 0) is 30.3 Å². The Hall–Kier alpha value is -2.89. The zero-order chi connectivity index (χ0) is 13.9. The summed E-state index contributed by atoms with van der Waals surface area (Å²) in [7, 11) is 1.56. The molecule has 0 saturated carbocycles. The van der Waals surface area contributed by atoms with Crippen LogP contribution in [0.5, 0.6) is 5.75 Å². The second-order valence-electron chi connectivity index (χ2n) is 4.13. The van der Waals surface area contributed by atoms with Crippen LogP contribution in [0, 0.1) is 0 Å². The largest absolute Gasteiger partial charge is 0.497 e. The second kappa shape index (κ2) is 5.00. The zero-order valence-electron chi connectivity index (χ0n) is 10.8. The number of methoxy groups -OCH3 is 1. The molecule has 3 aromatic rings. The minimum atomic E-state index is -0.240. The van der Waals surface area contributed by atoms with Crippen molar-refractivity contribution in [3.63, 3.8) is 0 Å². The van der Waals surface area contributed by atoms with E-state index < -0.39 is 0 Å². The first-order chi connectivity index (χ1) is 9.76. The number of fused-ring (bicyclic) bond motifs is 1. The topological polar surface area (TPSA) is 68.5 Å². The molecule has 20 heavy (non-hydrogen) atoms. The molecule has 0 aliphatic carbocycles. The molecule has 100 valence electrons. The fraction of sp³-hybridized carbons (Fsp3) is 0.0714. The maximum Gasteiger partial charge on any atom is 0.256 e. The van der Waals surface area contributed by atoms with Gasteiger partial charge in [-0.3, -0.25) is 4.79 Å². The van der Waals surface area contributed by atoms with E-state index in [1.807, 2.05) is 0 Å². The van der Waals surface area contributed by atoms with Crippen LogP contribution in [0.15, 0.2) is 48.8 Å². The Kier molecular flexibility index (Phi) is 3.04. The predicted octanol–water partition coefficient (Wildman–Crippen LogP) is 1.99. The predicted molar refractivity (Wildman–Crippen MR) is 73.9 cm³/mol. The molecule has 1 amide bonds. The van der Waals surface area contributed by atoms with Gasteiger partial charge < -0.3 is 10.1 Å². The van der Waals surface area contributed by atoms with Crippen LogP contribution >= 0.6 is 0 Å². The molecular formula is C14H12N4O2. The van der Waals surface area contributed by atoms with Gasteiger partial charge in [0.25, 0.3) is 5.91 Å². The molecular weight excluding hydrogens is 256 g/mol. The number of imidazole rings is 1. The Labute approximate surface area is 115 Å². The molecule has 0 saturated heterocycles. The number of anilines is 1. The Morgan fingerprint density at radius 2 is 2.20 bits per heavy atom. The van der Waals surface area contributed by atoms with Crippen LogP contribution in [-0.4, -0.2) is 27.6 Å². The first-order valence-corrected chi connectivity index (χ1v) is 6.02. The third kappa shape index (κ3) is 2.31. The number of carbonyl (C=O) groups is 1. The van der Waals surface area contributed by atoms with Crippen molar-refractivity contribution in [2.45, 2.75) is 0 Å². The van der Waals surface area contributed by atoms with Gasteiger partial charge >= 0.3 is 0 Å². The fourth-order valence-corrected chi connectivity index (χ4v) is 1.83. The van der Waals surface area contributed by atoms with Crippen molar-refractivity contribution in [2.75, 3.05) is 12.4 Å². The molecule has 0 spiro atoms. The van der Waals surface area contributed by atoms with E-state index in [2.05, 4.69) is 15.4 Å². The first-order valence-electron chi connectivity index (χ1n) is 6.02. The van der Waals surface area contributed by atoms with E-state index in [4.69, 9.17) is 4.74 Å². The number of benzene rings is 1. The van der Waals surface area contributed by atoms with Gasteiger partial charge in [0.1, 0.15) is 5.75 Å². The van der Waals surface area contributed by atoms with E-state index in [9.17, 15) is 4.79 Å². The molecule has 0 bridgehead atoms. The van der Waals surface area contributed by atoms with Crippen LogP contribution in [0.1, 0.15) is 10.4 Å². The summed E-state index contributed by atoms with van der Waals surface area (Å²) in [6.07, 6.45) is 3.37. The normalized spacial score (nSPS) is 10.4. The molecule has 2 heterocycles. The van der Waals surface area contributed by atoms with Crippen LogP contribution in [0.4, 0.5) is 5.82 Å². The van der Waals surface area contributed by atoms with Crippen LogP contribution in [0.3, 0.4) is 0 Å².